The first-order valence-corrected chi connectivity index (χ1v) is 8.71. The molecular formula is C21H18ClN3O2. The summed E-state index contributed by atoms with van der Waals surface area (Å²) >= 11 is 6.06. The maximum absolute atomic E-state index is 12.5. The van der Waals surface area contributed by atoms with Crippen LogP contribution in [-0.2, 0) is 0 Å². The molecule has 0 aliphatic carbocycles. The van der Waals surface area contributed by atoms with Crippen molar-refractivity contribution in [2.75, 3.05) is 10.6 Å². The lowest BCUT2D eigenvalue weighted by Crippen LogP contribution is -2.16. The molecule has 27 heavy (non-hydrogen) atoms. The lowest BCUT2D eigenvalue weighted by molar-refractivity contribution is 0.102. The van der Waals surface area contributed by atoms with Crippen LogP contribution < -0.4 is 10.6 Å². The third-order valence-electron chi connectivity index (χ3n) is 4.01. The number of anilines is 2. The van der Waals surface area contributed by atoms with Gasteiger partial charge in [0.25, 0.3) is 11.8 Å². The molecule has 0 radical (unpaired) electrons. The van der Waals surface area contributed by atoms with Crippen LogP contribution in [0, 0.1) is 13.8 Å². The van der Waals surface area contributed by atoms with Gasteiger partial charge in [-0.1, -0.05) is 41.4 Å². The highest BCUT2D eigenvalue weighted by Crippen LogP contribution is 2.21. The Kier molecular flexibility index (Phi) is 5.52. The first kappa shape index (κ1) is 18.6. The Bertz CT molecular complexity index is 1020. The topological polar surface area (TPSA) is 71.1 Å². The number of hydrogen-bond donors (Lipinski definition) is 2. The van der Waals surface area contributed by atoms with Gasteiger partial charge in [-0.05, 0) is 43.7 Å². The average Bonchev–Trinajstić information content (AvgIpc) is 2.66. The number of hydrogen-bond acceptors (Lipinski definition) is 3. The van der Waals surface area contributed by atoms with Crippen molar-refractivity contribution >= 4 is 34.8 Å². The van der Waals surface area contributed by atoms with E-state index in [-0.39, 0.29) is 11.5 Å². The van der Waals surface area contributed by atoms with Gasteiger partial charge < -0.3 is 10.6 Å². The maximum Gasteiger partial charge on any atom is 0.257 e. The highest BCUT2D eigenvalue weighted by molar-refractivity contribution is 6.33. The van der Waals surface area contributed by atoms with Crippen LogP contribution in [0.15, 0.2) is 60.9 Å². The molecule has 136 valence electrons. The second-order valence-electron chi connectivity index (χ2n) is 6.17. The minimum atomic E-state index is -0.392. The monoisotopic (exact) mass is 379 g/mol. The summed E-state index contributed by atoms with van der Waals surface area (Å²) in [5.41, 5.74) is 3.85. The summed E-state index contributed by atoms with van der Waals surface area (Å²) in [7, 11) is 0. The Morgan fingerprint density at radius 3 is 2.11 bits per heavy atom. The smallest absolute Gasteiger partial charge is 0.257 e. The lowest BCUT2D eigenvalue weighted by Gasteiger charge is -2.10. The van der Waals surface area contributed by atoms with Gasteiger partial charge in [0.2, 0.25) is 0 Å². The zero-order valence-corrected chi connectivity index (χ0v) is 15.7. The molecule has 0 atom stereocenters. The first-order valence-electron chi connectivity index (χ1n) is 8.33. The van der Waals surface area contributed by atoms with Crippen LogP contribution in [0.1, 0.15) is 31.8 Å². The number of aromatic nitrogens is 1. The number of rotatable bonds is 4. The number of para-hydroxylation sites is 1. The molecule has 0 spiro atoms. The second-order valence-corrected chi connectivity index (χ2v) is 6.58. The van der Waals surface area contributed by atoms with Crippen LogP contribution in [0.3, 0.4) is 0 Å². The summed E-state index contributed by atoms with van der Waals surface area (Å²) in [6, 6.07) is 14.2. The van der Waals surface area contributed by atoms with Crippen molar-refractivity contribution in [1.29, 1.82) is 0 Å². The summed E-state index contributed by atoms with van der Waals surface area (Å²) in [5, 5.41) is 5.99. The SMILES string of the molecule is Cc1ccc(NC(=O)c2cncc(C(=O)Nc3ccccc3Cl)c2)c(C)c1. The number of carbonyl (C=O) groups is 2. The van der Waals surface area contributed by atoms with E-state index in [4.69, 9.17) is 11.6 Å². The summed E-state index contributed by atoms with van der Waals surface area (Å²) in [6.07, 6.45) is 2.82. The van der Waals surface area contributed by atoms with E-state index in [0.717, 1.165) is 16.8 Å². The van der Waals surface area contributed by atoms with E-state index in [1.165, 1.54) is 18.5 Å². The fraction of sp³-hybridized carbons (Fsp3) is 0.0952. The Labute approximate surface area is 162 Å². The zero-order chi connectivity index (χ0) is 19.4. The number of amides is 2. The molecule has 0 saturated carbocycles. The molecule has 1 aromatic heterocycles. The predicted octanol–water partition coefficient (Wildman–Crippen LogP) is 4.86. The van der Waals surface area contributed by atoms with Crippen molar-refractivity contribution in [3.63, 3.8) is 0 Å². The van der Waals surface area contributed by atoms with Crippen LogP contribution in [0.5, 0.6) is 0 Å². The largest absolute Gasteiger partial charge is 0.322 e. The third kappa shape index (κ3) is 4.51. The molecule has 3 rings (SSSR count). The Morgan fingerprint density at radius 1 is 0.852 bits per heavy atom. The van der Waals surface area contributed by atoms with Crippen molar-refractivity contribution in [1.82, 2.24) is 4.98 Å². The van der Waals surface area contributed by atoms with Gasteiger partial charge in [-0.2, -0.15) is 0 Å². The van der Waals surface area contributed by atoms with Crippen molar-refractivity contribution < 1.29 is 9.59 Å². The number of nitrogens with one attached hydrogen (secondary N) is 2. The van der Waals surface area contributed by atoms with E-state index in [9.17, 15) is 9.59 Å². The van der Waals surface area contributed by atoms with Gasteiger partial charge in [-0.15, -0.1) is 0 Å². The quantitative estimate of drug-likeness (QED) is 0.680. The van der Waals surface area contributed by atoms with Gasteiger partial charge >= 0.3 is 0 Å². The van der Waals surface area contributed by atoms with E-state index in [0.29, 0.717) is 16.3 Å². The first-order chi connectivity index (χ1) is 12.9. The van der Waals surface area contributed by atoms with Crippen molar-refractivity contribution in [3.8, 4) is 0 Å². The summed E-state index contributed by atoms with van der Waals surface area (Å²) in [6.45, 7) is 3.91. The minimum absolute atomic E-state index is 0.267. The van der Waals surface area contributed by atoms with Gasteiger partial charge in [0.05, 0.1) is 21.8 Å². The molecule has 0 fully saturated rings. The van der Waals surface area contributed by atoms with Gasteiger partial charge in [0.15, 0.2) is 0 Å². The maximum atomic E-state index is 12.5. The van der Waals surface area contributed by atoms with Crippen LogP contribution in [0.25, 0.3) is 0 Å². The molecule has 0 aliphatic rings. The molecule has 0 saturated heterocycles. The van der Waals surface area contributed by atoms with Crippen LogP contribution in [-0.4, -0.2) is 16.8 Å². The van der Waals surface area contributed by atoms with E-state index >= 15 is 0 Å². The highest BCUT2D eigenvalue weighted by atomic mass is 35.5. The molecule has 5 nitrogen and oxygen atoms in total. The van der Waals surface area contributed by atoms with E-state index in [1.807, 2.05) is 32.0 Å². The Morgan fingerprint density at radius 2 is 1.48 bits per heavy atom. The normalized spacial score (nSPS) is 10.3. The Balaban J connectivity index is 1.77. The zero-order valence-electron chi connectivity index (χ0n) is 14.9. The van der Waals surface area contributed by atoms with Crippen LogP contribution >= 0.6 is 11.6 Å². The van der Waals surface area contributed by atoms with Crippen molar-refractivity contribution in [2.24, 2.45) is 0 Å². The standard InChI is InChI=1S/C21H18ClN3O2/c1-13-7-8-18(14(2)9-13)24-20(26)15-10-16(12-23-11-15)21(27)25-19-6-4-3-5-17(19)22/h3-12H,1-2H3,(H,24,26)(H,25,27). The average molecular weight is 380 g/mol. The van der Waals surface area contributed by atoms with Crippen LogP contribution in [0.2, 0.25) is 5.02 Å². The number of nitrogens with zero attached hydrogens (tertiary/aromatic N) is 1. The molecule has 3 aromatic rings. The molecular weight excluding hydrogens is 362 g/mol. The molecule has 2 amide bonds. The van der Waals surface area contributed by atoms with Gasteiger partial charge in [0.1, 0.15) is 0 Å². The van der Waals surface area contributed by atoms with Gasteiger partial charge in [-0.25, -0.2) is 0 Å². The van der Waals surface area contributed by atoms with E-state index in [1.54, 1.807) is 24.3 Å². The van der Waals surface area contributed by atoms with E-state index < -0.39 is 5.91 Å². The second kappa shape index (κ2) is 8.01. The molecule has 2 N–H and O–H groups in total. The molecule has 0 bridgehead atoms. The van der Waals surface area contributed by atoms with Crippen molar-refractivity contribution in [3.05, 3.63) is 88.2 Å². The summed E-state index contributed by atoms with van der Waals surface area (Å²) in [5.74, 6) is -0.724. The molecule has 0 aliphatic heterocycles. The van der Waals surface area contributed by atoms with Gasteiger partial charge in [-0.3, -0.25) is 14.6 Å². The predicted molar refractivity (Wildman–Crippen MR) is 108 cm³/mol. The number of carbonyl (C=O) groups excluding carboxylic acids is 2. The fourth-order valence-electron chi connectivity index (χ4n) is 2.59. The summed E-state index contributed by atoms with van der Waals surface area (Å²) < 4.78 is 0. The van der Waals surface area contributed by atoms with Crippen molar-refractivity contribution in [2.45, 2.75) is 13.8 Å². The third-order valence-corrected chi connectivity index (χ3v) is 4.34. The van der Waals surface area contributed by atoms with Crippen LogP contribution in [0.4, 0.5) is 11.4 Å². The Hall–Kier alpha value is -3.18. The molecule has 2 aromatic carbocycles. The highest BCUT2D eigenvalue weighted by Gasteiger charge is 2.13. The molecule has 1 heterocycles. The molecule has 0 unspecified atom stereocenters. The number of pyridine rings is 1. The lowest BCUT2D eigenvalue weighted by atomic mass is 10.1. The summed E-state index contributed by atoms with van der Waals surface area (Å²) in [4.78, 5) is 29.0. The minimum Gasteiger partial charge on any atom is -0.322 e. The number of halogens is 1. The number of benzene rings is 2. The van der Waals surface area contributed by atoms with E-state index in [2.05, 4.69) is 15.6 Å². The van der Waals surface area contributed by atoms with Gasteiger partial charge in [0, 0.05) is 18.1 Å². The molecule has 6 heteroatoms. The number of aryl methyl sites for hydroxylation is 2. The fourth-order valence-corrected chi connectivity index (χ4v) is 2.78.